The summed E-state index contributed by atoms with van der Waals surface area (Å²) < 4.78 is 5.63. The molecule has 0 aliphatic carbocycles. The van der Waals surface area contributed by atoms with Crippen LogP contribution >= 0.6 is 0 Å². The van der Waals surface area contributed by atoms with E-state index in [1.165, 1.54) is 0 Å². The van der Waals surface area contributed by atoms with Crippen molar-refractivity contribution in [1.82, 2.24) is 9.97 Å². The first-order chi connectivity index (χ1) is 8.29. The molecule has 1 aromatic rings. The highest BCUT2D eigenvalue weighted by atomic mass is 16.5. The Hall–Kier alpha value is -1.36. The van der Waals surface area contributed by atoms with Gasteiger partial charge in [0.1, 0.15) is 5.82 Å². The number of nitrogens with zero attached hydrogens (tertiary/aromatic N) is 3. The minimum atomic E-state index is 0.259. The Morgan fingerprint density at radius 1 is 1.59 bits per heavy atom. The van der Waals surface area contributed by atoms with Crippen molar-refractivity contribution in [3.05, 3.63) is 12.3 Å². The molecule has 0 radical (unpaired) electrons. The van der Waals surface area contributed by atoms with Crippen molar-refractivity contribution < 1.29 is 4.74 Å². The van der Waals surface area contributed by atoms with E-state index in [-0.39, 0.29) is 6.10 Å². The van der Waals surface area contributed by atoms with Crippen LogP contribution in [0, 0.1) is 0 Å². The van der Waals surface area contributed by atoms with Crippen LogP contribution in [0.3, 0.4) is 0 Å². The fraction of sp³-hybridized carbons (Fsp3) is 0.667. The summed E-state index contributed by atoms with van der Waals surface area (Å²) in [6, 6.07) is 1.96. The van der Waals surface area contributed by atoms with Crippen LogP contribution in [0.25, 0.3) is 0 Å². The first-order valence-corrected chi connectivity index (χ1v) is 6.23. The summed E-state index contributed by atoms with van der Waals surface area (Å²) in [7, 11) is 0. The van der Waals surface area contributed by atoms with Gasteiger partial charge in [0.25, 0.3) is 0 Å². The molecule has 5 nitrogen and oxygen atoms in total. The van der Waals surface area contributed by atoms with Gasteiger partial charge in [-0.3, -0.25) is 0 Å². The molecule has 1 saturated heterocycles. The maximum Gasteiger partial charge on any atom is 0.224 e. The minimum Gasteiger partial charge on any atom is -0.377 e. The summed E-state index contributed by atoms with van der Waals surface area (Å²) in [4.78, 5) is 11.0. The highest BCUT2D eigenvalue weighted by Crippen LogP contribution is 2.16. The van der Waals surface area contributed by atoms with Crippen LogP contribution in [0.15, 0.2) is 12.3 Å². The van der Waals surface area contributed by atoms with E-state index in [1.807, 2.05) is 13.0 Å². The van der Waals surface area contributed by atoms with Crippen LogP contribution in [0.1, 0.15) is 20.3 Å². The number of anilines is 2. The zero-order chi connectivity index (χ0) is 12.1. The molecule has 0 saturated carbocycles. The van der Waals surface area contributed by atoms with Gasteiger partial charge in [-0.05, 0) is 26.3 Å². The normalized spacial score (nSPS) is 21.1. The van der Waals surface area contributed by atoms with Crippen LogP contribution in [0.2, 0.25) is 0 Å². The van der Waals surface area contributed by atoms with E-state index in [0.29, 0.717) is 5.95 Å². The zero-order valence-corrected chi connectivity index (χ0v) is 10.5. The van der Waals surface area contributed by atoms with E-state index >= 15 is 0 Å². The first-order valence-electron chi connectivity index (χ1n) is 6.23. The topological polar surface area (TPSA) is 50.3 Å². The van der Waals surface area contributed by atoms with Crippen molar-refractivity contribution in [1.29, 1.82) is 0 Å². The predicted molar refractivity (Wildman–Crippen MR) is 68.4 cm³/mol. The molecule has 2 heterocycles. The van der Waals surface area contributed by atoms with Crippen molar-refractivity contribution in [3.8, 4) is 0 Å². The summed E-state index contributed by atoms with van der Waals surface area (Å²) in [5, 5.41) is 3.13. The quantitative estimate of drug-likeness (QED) is 0.862. The predicted octanol–water partition coefficient (Wildman–Crippen LogP) is 1.52. The van der Waals surface area contributed by atoms with E-state index in [4.69, 9.17) is 4.74 Å². The first kappa shape index (κ1) is 12.1. The molecule has 1 atom stereocenters. The van der Waals surface area contributed by atoms with Gasteiger partial charge >= 0.3 is 0 Å². The lowest BCUT2D eigenvalue weighted by Crippen LogP contribution is -2.31. The molecule has 94 valence electrons. The monoisotopic (exact) mass is 236 g/mol. The molecule has 17 heavy (non-hydrogen) atoms. The molecule has 1 fully saturated rings. The Bertz CT molecular complexity index is 358. The van der Waals surface area contributed by atoms with E-state index in [9.17, 15) is 0 Å². The molecule has 1 aromatic heterocycles. The Morgan fingerprint density at radius 2 is 2.47 bits per heavy atom. The second-order valence-electron chi connectivity index (χ2n) is 4.25. The lowest BCUT2D eigenvalue weighted by Gasteiger charge is -2.23. The zero-order valence-electron chi connectivity index (χ0n) is 10.5. The van der Waals surface area contributed by atoms with E-state index in [2.05, 4.69) is 27.1 Å². The average molecular weight is 236 g/mol. The second kappa shape index (κ2) is 5.82. The molecular weight excluding hydrogens is 216 g/mol. The van der Waals surface area contributed by atoms with Crippen LogP contribution in [0.5, 0.6) is 0 Å². The van der Waals surface area contributed by atoms with Crippen molar-refractivity contribution >= 4 is 11.8 Å². The van der Waals surface area contributed by atoms with Crippen LogP contribution in [-0.2, 0) is 4.74 Å². The fourth-order valence-corrected chi connectivity index (χ4v) is 1.97. The second-order valence-corrected chi connectivity index (χ2v) is 4.25. The van der Waals surface area contributed by atoms with Crippen molar-refractivity contribution in [2.24, 2.45) is 0 Å². The minimum absolute atomic E-state index is 0.259. The Balaban J connectivity index is 2.11. The highest BCUT2D eigenvalue weighted by Gasteiger charge is 2.16. The number of nitrogens with one attached hydrogen (secondary N) is 1. The SMILES string of the molecule is CCNc1nccc(N2CCCOC(C)C2)n1. The fourth-order valence-electron chi connectivity index (χ4n) is 1.97. The van der Waals surface area contributed by atoms with E-state index < -0.39 is 0 Å². The number of rotatable bonds is 3. The van der Waals surface area contributed by atoms with Gasteiger partial charge in [0.2, 0.25) is 5.95 Å². The molecule has 1 N–H and O–H groups in total. The van der Waals surface area contributed by atoms with Gasteiger partial charge in [0, 0.05) is 32.4 Å². The molecule has 1 unspecified atom stereocenters. The standard InChI is InChI=1S/C12H20N4O/c1-3-13-12-14-6-5-11(15-12)16-7-4-8-17-10(2)9-16/h5-6,10H,3-4,7-9H2,1-2H3,(H,13,14,15). The lowest BCUT2D eigenvalue weighted by molar-refractivity contribution is 0.0820. The van der Waals surface area contributed by atoms with Crippen LogP contribution in [-0.4, -0.2) is 42.3 Å². The van der Waals surface area contributed by atoms with Crippen molar-refractivity contribution in [3.63, 3.8) is 0 Å². The maximum absolute atomic E-state index is 5.63. The Morgan fingerprint density at radius 3 is 3.29 bits per heavy atom. The van der Waals surface area contributed by atoms with Crippen molar-refractivity contribution in [2.75, 3.05) is 36.5 Å². The molecule has 0 spiro atoms. The van der Waals surface area contributed by atoms with Gasteiger partial charge in [-0.2, -0.15) is 4.98 Å². The van der Waals surface area contributed by atoms with Gasteiger partial charge in [0.15, 0.2) is 0 Å². The average Bonchev–Trinajstić information content (AvgIpc) is 2.55. The third-order valence-electron chi connectivity index (χ3n) is 2.75. The summed E-state index contributed by atoms with van der Waals surface area (Å²) in [6.45, 7) is 7.70. The molecule has 1 aliphatic rings. The molecule has 0 amide bonds. The van der Waals surface area contributed by atoms with Gasteiger partial charge < -0.3 is 15.0 Å². The van der Waals surface area contributed by atoms with Gasteiger partial charge in [-0.1, -0.05) is 0 Å². The van der Waals surface area contributed by atoms with E-state index in [0.717, 1.165) is 38.5 Å². The van der Waals surface area contributed by atoms with E-state index in [1.54, 1.807) is 6.20 Å². The molecule has 0 aromatic carbocycles. The van der Waals surface area contributed by atoms with Crippen LogP contribution in [0.4, 0.5) is 11.8 Å². The third-order valence-corrected chi connectivity index (χ3v) is 2.75. The summed E-state index contributed by atoms with van der Waals surface area (Å²) in [5.41, 5.74) is 0. The summed E-state index contributed by atoms with van der Waals surface area (Å²) in [6.07, 6.45) is 3.11. The van der Waals surface area contributed by atoms with Crippen molar-refractivity contribution in [2.45, 2.75) is 26.4 Å². The number of ether oxygens (including phenoxy) is 1. The van der Waals surface area contributed by atoms with Gasteiger partial charge in [-0.15, -0.1) is 0 Å². The molecule has 0 bridgehead atoms. The van der Waals surface area contributed by atoms with Gasteiger partial charge in [0.05, 0.1) is 6.10 Å². The Kier molecular flexibility index (Phi) is 4.14. The Labute approximate surface area is 102 Å². The molecular formula is C12H20N4O. The molecule has 5 heteroatoms. The van der Waals surface area contributed by atoms with Crippen LogP contribution < -0.4 is 10.2 Å². The van der Waals surface area contributed by atoms with Gasteiger partial charge in [-0.25, -0.2) is 4.98 Å². The lowest BCUT2D eigenvalue weighted by atomic mass is 10.3. The summed E-state index contributed by atoms with van der Waals surface area (Å²) in [5.74, 6) is 1.68. The number of aromatic nitrogens is 2. The molecule has 2 rings (SSSR count). The number of hydrogen-bond acceptors (Lipinski definition) is 5. The summed E-state index contributed by atoms with van der Waals surface area (Å²) >= 11 is 0. The third kappa shape index (κ3) is 3.30. The smallest absolute Gasteiger partial charge is 0.224 e. The molecule has 1 aliphatic heterocycles. The maximum atomic E-state index is 5.63. The largest absolute Gasteiger partial charge is 0.377 e. The highest BCUT2D eigenvalue weighted by molar-refractivity contribution is 5.42. The number of hydrogen-bond donors (Lipinski definition) is 1.